The molecule has 2 N–H and O–H groups in total. The largest absolute Gasteiger partial charge is 0.459 e. The maximum atomic E-state index is 5.94. The molecule has 0 aliphatic rings. The monoisotopic (exact) mass is 493 g/mol. The summed E-state index contributed by atoms with van der Waals surface area (Å²) in [6.45, 7) is 6.77. The molecule has 0 spiro atoms. The molecule has 0 atom stereocenters. The number of aryl methyl sites for hydroxylation is 1. The highest BCUT2D eigenvalue weighted by molar-refractivity contribution is 14.0. The van der Waals surface area contributed by atoms with Gasteiger partial charge in [0.25, 0.3) is 0 Å². The van der Waals surface area contributed by atoms with E-state index in [2.05, 4.69) is 52.9 Å². The highest BCUT2D eigenvalue weighted by Gasteiger charge is 2.10. The van der Waals surface area contributed by atoms with Crippen LogP contribution in [0.15, 0.2) is 57.9 Å². The Morgan fingerprint density at radius 3 is 2.36 bits per heavy atom. The van der Waals surface area contributed by atoms with Gasteiger partial charge in [-0.3, -0.25) is 4.99 Å². The van der Waals surface area contributed by atoms with E-state index in [0.29, 0.717) is 19.7 Å². The summed E-state index contributed by atoms with van der Waals surface area (Å²) >= 11 is 0. The highest BCUT2D eigenvalue weighted by atomic mass is 127. The number of fused-ring (bicyclic) bond motifs is 1. The predicted octanol–water partition coefficient (Wildman–Crippen LogP) is 4.76. The Balaban J connectivity index is 0.00000280. The van der Waals surface area contributed by atoms with Crippen LogP contribution in [0.2, 0.25) is 0 Å². The fraction of sp³-hybridized carbons (Fsp3) is 0.318. The standard InChI is InChI=1S/C22H27N3O2.HI/c1-4-26-15-18-11-9-17(10-12-18)13-24-22(23-3)25-14-21-16(2)19-7-5-6-8-20(19)27-21;/h5-12H,4,13-15H2,1-3H3,(H2,23,24,25);1H. The van der Waals surface area contributed by atoms with Crippen LogP contribution in [-0.4, -0.2) is 19.6 Å². The van der Waals surface area contributed by atoms with Gasteiger partial charge in [0.05, 0.1) is 13.2 Å². The molecule has 3 rings (SSSR count). The van der Waals surface area contributed by atoms with Crippen molar-refractivity contribution in [2.45, 2.75) is 33.5 Å². The molecule has 2 aromatic carbocycles. The van der Waals surface area contributed by atoms with E-state index < -0.39 is 0 Å². The Morgan fingerprint density at radius 1 is 1.00 bits per heavy atom. The minimum atomic E-state index is 0. The summed E-state index contributed by atoms with van der Waals surface area (Å²) in [5.41, 5.74) is 4.46. The van der Waals surface area contributed by atoms with Crippen LogP contribution in [0, 0.1) is 6.92 Å². The fourth-order valence-electron chi connectivity index (χ4n) is 2.94. The predicted molar refractivity (Wildman–Crippen MR) is 125 cm³/mol. The second kappa shape index (κ2) is 11.1. The van der Waals surface area contributed by atoms with Crippen molar-refractivity contribution >= 4 is 40.9 Å². The van der Waals surface area contributed by atoms with Crippen LogP contribution in [0.25, 0.3) is 11.0 Å². The van der Waals surface area contributed by atoms with Gasteiger partial charge in [-0.2, -0.15) is 0 Å². The molecule has 3 aromatic rings. The third-order valence-electron chi connectivity index (χ3n) is 4.54. The number of para-hydroxylation sites is 1. The topological polar surface area (TPSA) is 58.8 Å². The van der Waals surface area contributed by atoms with E-state index in [1.54, 1.807) is 7.05 Å². The average Bonchev–Trinajstić information content (AvgIpc) is 3.03. The molecule has 1 aromatic heterocycles. The van der Waals surface area contributed by atoms with Gasteiger partial charge in [0.1, 0.15) is 11.3 Å². The zero-order valence-electron chi connectivity index (χ0n) is 16.6. The summed E-state index contributed by atoms with van der Waals surface area (Å²) < 4.78 is 11.4. The number of hydrogen-bond acceptors (Lipinski definition) is 3. The van der Waals surface area contributed by atoms with E-state index in [-0.39, 0.29) is 24.0 Å². The molecule has 0 saturated heterocycles. The van der Waals surface area contributed by atoms with Crippen molar-refractivity contribution in [1.29, 1.82) is 0 Å². The van der Waals surface area contributed by atoms with Gasteiger partial charge in [0, 0.05) is 31.1 Å². The molecule has 0 fully saturated rings. The zero-order chi connectivity index (χ0) is 19.1. The van der Waals surface area contributed by atoms with Crippen molar-refractivity contribution in [2.75, 3.05) is 13.7 Å². The van der Waals surface area contributed by atoms with Gasteiger partial charge in [-0.25, -0.2) is 0 Å². The first kappa shape index (κ1) is 22.2. The second-order valence-electron chi connectivity index (χ2n) is 6.38. The number of rotatable bonds is 7. The normalized spacial score (nSPS) is 11.3. The van der Waals surface area contributed by atoms with Gasteiger partial charge in [-0.15, -0.1) is 24.0 Å². The Hall–Kier alpha value is -2.06. The van der Waals surface area contributed by atoms with Crippen LogP contribution in [0.5, 0.6) is 0 Å². The van der Waals surface area contributed by atoms with Gasteiger partial charge in [0.15, 0.2) is 5.96 Å². The van der Waals surface area contributed by atoms with Crippen molar-refractivity contribution in [3.8, 4) is 0 Å². The lowest BCUT2D eigenvalue weighted by Crippen LogP contribution is -2.36. The summed E-state index contributed by atoms with van der Waals surface area (Å²) in [5, 5.41) is 7.82. The third kappa shape index (κ3) is 5.72. The van der Waals surface area contributed by atoms with Crippen LogP contribution in [-0.2, 0) is 24.4 Å². The molecular formula is C22H28IN3O2. The van der Waals surface area contributed by atoms with E-state index in [1.807, 2.05) is 25.1 Å². The molecule has 0 aliphatic carbocycles. The van der Waals surface area contributed by atoms with E-state index in [9.17, 15) is 0 Å². The first-order valence-corrected chi connectivity index (χ1v) is 9.28. The molecule has 0 radical (unpaired) electrons. The van der Waals surface area contributed by atoms with Crippen LogP contribution in [0.1, 0.15) is 29.4 Å². The lowest BCUT2D eigenvalue weighted by molar-refractivity contribution is 0.134. The van der Waals surface area contributed by atoms with E-state index in [0.717, 1.165) is 29.3 Å². The van der Waals surface area contributed by atoms with Crippen LogP contribution in [0.4, 0.5) is 0 Å². The Kier molecular flexibility index (Phi) is 8.79. The summed E-state index contributed by atoms with van der Waals surface area (Å²) in [6, 6.07) is 16.5. The lowest BCUT2D eigenvalue weighted by atomic mass is 10.1. The Labute approximate surface area is 183 Å². The van der Waals surface area contributed by atoms with Crippen LogP contribution < -0.4 is 10.6 Å². The number of nitrogens with one attached hydrogen (secondary N) is 2. The molecule has 0 amide bonds. The van der Waals surface area contributed by atoms with Crippen molar-refractivity contribution in [3.63, 3.8) is 0 Å². The smallest absolute Gasteiger partial charge is 0.191 e. The molecule has 0 aliphatic heterocycles. The van der Waals surface area contributed by atoms with Gasteiger partial charge < -0.3 is 19.8 Å². The molecule has 6 heteroatoms. The molecule has 28 heavy (non-hydrogen) atoms. The lowest BCUT2D eigenvalue weighted by Gasteiger charge is -2.12. The van der Waals surface area contributed by atoms with Crippen molar-refractivity contribution in [1.82, 2.24) is 10.6 Å². The van der Waals surface area contributed by atoms with E-state index in [1.165, 1.54) is 16.7 Å². The molecule has 0 saturated carbocycles. The summed E-state index contributed by atoms with van der Waals surface area (Å²) in [4.78, 5) is 4.29. The highest BCUT2D eigenvalue weighted by Crippen LogP contribution is 2.24. The number of guanidine groups is 1. The first-order chi connectivity index (χ1) is 13.2. The molecule has 1 heterocycles. The second-order valence-corrected chi connectivity index (χ2v) is 6.38. The number of hydrogen-bond donors (Lipinski definition) is 2. The molecule has 150 valence electrons. The number of aliphatic imine (C=N–C) groups is 1. The Morgan fingerprint density at radius 2 is 1.68 bits per heavy atom. The Bertz CT molecular complexity index is 904. The summed E-state index contributed by atoms with van der Waals surface area (Å²) in [7, 11) is 1.77. The van der Waals surface area contributed by atoms with Gasteiger partial charge in [-0.05, 0) is 31.0 Å². The molecular weight excluding hydrogens is 465 g/mol. The van der Waals surface area contributed by atoms with Gasteiger partial charge >= 0.3 is 0 Å². The third-order valence-corrected chi connectivity index (χ3v) is 4.54. The first-order valence-electron chi connectivity index (χ1n) is 9.28. The van der Waals surface area contributed by atoms with Crippen LogP contribution in [0.3, 0.4) is 0 Å². The maximum Gasteiger partial charge on any atom is 0.191 e. The fourth-order valence-corrected chi connectivity index (χ4v) is 2.94. The minimum absolute atomic E-state index is 0. The van der Waals surface area contributed by atoms with E-state index in [4.69, 9.17) is 9.15 Å². The molecule has 0 unspecified atom stereocenters. The number of halogens is 1. The van der Waals surface area contributed by atoms with Gasteiger partial charge in [-0.1, -0.05) is 42.5 Å². The van der Waals surface area contributed by atoms with Crippen LogP contribution >= 0.6 is 24.0 Å². The van der Waals surface area contributed by atoms with Crippen molar-refractivity contribution < 1.29 is 9.15 Å². The molecule has 5 nitrogen and oxygen atoms in total. The quantitative estimate of drug-likeness (QED) is 0.283. The molecule has 0 bridgehead atoms. The number of benzene rings is 2. The van der Waals surface area contributed by atoms with Crippen molar-refractivity contribution in [3.05, 3.63) is 71.0 Å². The number of ether oxygens (including phenoxy) is 1. The summed E-state index contributed by atoms with van der Waals surface area (Å²) in [6.07, 6.45) is 0. The number of furan rings is 1. The van der Waals surface area contributed by atoms with Gasteiger partial charge in [0.2, 0.25) is 0 Å². The van der Waals surface area contributed by atoms with E-state index >= 15 is 0 Å². The zero-order valence-corrected chi connectivity index (χ0v) is 18.9. The summed E-state index contributed by atoms with van der Waals surface area (Å²) in [5.74, 6) is 1.67. The van der Waals surface area contributed by atoms with Crippen molar-refractivity contribution in [2.24, 2.45) is 4.99 Å². The number of nitrogens with zero attached hydrogens (tertiary/aromatic N) is 1. The minimum Gasteiger partial charge on any atom is -0.459 e. The SMILES string of the molecule is CCOCc1ccc(CNC(=NC)NCc2oc3ccccc3c2C)cc1.I. The average molecular weight is 493 g/mol. The maximum absolute atomic E-state index is 5.94.